The zero-order chi connectivity index (χ0) is 21.7. The van der Waals surface area contributed by atoms with Gasteiger partial charge in [0.1, 0.15) is 6.54 Å². The molecule has 30 heavy (non-hydrogen) atoms. The minimum absolute atomic E-state index is 0.173. The Bertz CT molecular complexity index is 1110. The van der Waals surface area contributed by atoms with E-state index < -0.39 is 10.0 Å². The van der Waals surface area contributed by atoms with E-state index in [-0.39, 0.29) is 18.5 Å². The molecule has 0 saturated carbocycles. The Balaban J connectivity index is 1.89. The SMILES string of the molecule is CC(C)C[C@H](NC(=O)CN(c1cccc2ccccc12)S(C)(=O)=O)c1ccccc1. The van der Waals surface area contributed by atoms with E-state index in [1.54, 1.807) is 12.1 Å². The molecule has 158 valence electrons. The van der Waals surface area contributed by atoms with E-state index >= 15 is 0 Å². The minimum atomic E-state index is -3.66. The summed E-state index contributed by atoms with van der Waals surface area (Å²) in [6.07, 6.45) is 1.90. The third-order valence-corrected chi connectivity index (χ3v) is 6.09. The summed E-state index contributed by atoms with van der Waals surface area (Å²) in [7, 11) is -3.66. The molecule has 0 spiro atoms. The highest BCUT2D eigenvalue weighted by molar-refractivity contribution is 7.92. The molecule has 0 aliphatic heterocycles. The fourth-order valence-electron chi connectivity index (χ4n) is 3.61. The van der Waals surface area contributed by atoms with Crippen molar-refractivity contribution in [1.29, 1.82) is 0 Å². The Morgan fingerprint density at radius 1 is 0.933 bits per heavy atom. The first-order valence-corrected chi connectivity index (χ1v) is 11.9. The number of carbonyl (C=O) groups excluding carboxylic acids is 1. The van der Waals surface area contributed by atoms with E-state index in [9.17, 15) is 13.2 Å². The van der Waals surface area contributed by atoms with Crippen molar-refractivity contribution in [3.05, 3.63) is 78.4 Å². The quantitative estimate of drug-likeness (QED) is 0.579. The number of benzene rings is 3. The summed E-state index contributed by atoms with van der Waals surface area (Å²) in [6, 6.07) is 22.6. The number of carbonyl (C=O) groups is 1. The van der Waals surface area contributed by atoms with Gasteiger partial charge in [0, 0.05) is 5.39 Å². The summed E-state index contributed by atoms with van der Waals surface area (Å²) in [6.45, 7) is 3.93. The number of nitrogens with zero attached hydrogens (tertiary/aromatic N) is 1. The lowest BCUT2D eigenvalue weighted by Gasteiger charge is -2.26. The Morgan fingerprint density at radius 3 is 2.23 bits per heavy atom. The molecule has 0 aliphatic rings. The van der Waals surface area contributed by atoms with Crippen molar-refractivity contribution < 1.29 is 13.2 Å². The highest BCUT2D eigenvalue weighted by Crippen LogP contribution is 2.28. The maximum Gasteiger partial charge on any atom is 0.241 e. The predicted molar refractivity (Wildman–Crippen MR) is 123 cm³/mol. The third-order valence-electron chi connectivity index (χ3n) is 4.97. The van der Waals surface area contributed by atoms with Crippen LogP contribution in [0.5, 0.6) is 0 Å². The molecule has 1 atom stereocenters. The molecule has 0 unspecified atom stereocenters. The molecule has 5 nitrogen and oxygen atoms in total. The standard InChI is InChI=1S/C24H28N2O3S/c1-18(2)16-22(20-11-5-4-6-12-20)25-24(27)17-26(30(3,28)29)23-15-9-13-19-10-7-8-14-21(19)23/h4-15,18,22H,16-17H2,1-3H3,(H,25,27)/t22-/m0/s1. The number of hydrogen-bond acceptors (Lipinski definition) is 3. The van der Waals surface area contributed by atoms with Gasteiger partial charge in [-0.1, -0.05) is 80.6 Å². The first kappa shape index (κ1) is 21.8. The van der Waals surface area contributed by atoms with Crippen LogP contribution in [0.3, 0.4) is 0 Å². The molecule has 1 N–H and O–H groups in total. The van der Waals surface area contributed by atoms with Gasteiger partial charge >= 0.3 is 0 Å². The molecular formula is C24H28N2O3S. The summed E-state index contributed by atoms with van der Waals surface area (Å²) < 4.78 is 26.4. The van der Waals surface area contributed by atoms with E-state index in [0.29, 0.717) is 11.6 Å². The van der Waals surface area contributed by atoms with Gasteiger partial charge in [-0.05, 0) is 29.4 Å². The first-order chi connectivity index (χ1) is 14.3. The van der Waals surface area contributed by atoms with Crippen molar-refractivity contribution in [1.82, 2.24) is 5.32 Å². The van der Waals surface area contributed by atoms with Crippen LogP contribution in [0.1, 0.15) is 31.9 Å². The van der Waals surface area contributed by atoms with Crippen LogP contribution in [0.2, 0.25) is 0 Å². The van der Waals surface area contributed by atoms with E-state index in [1.807, 2.05) is 60.7 Å². The molecule has 0 aliphatic carbocycles. The van der Waals surface area contributed by atoms with Crippen LogP contribution < -0.4 is 9.62 Å². The predicted octanol–water partition coefficient (Wildman–Crippen LogP) is 4.51. The summed E-state index contributed by atoms with van der Waals surface area (Å²) in [5.41, 5.74) is 1.52. The van der Waals surface area contributed by atoms with E-state index in [2.05, 4.69) is 19.2 Å². The number of hydrogen-bond donors (Lipinski definition) is 1. The first-order valence-electron chi connectivity index (χ1n) is 10.1. The third kappa shape index (κ3) is 5.39. The van der Waals surface area contributed by atoms with Gasteiger partial charge in [0.15, 0.2) is 0 Å². The van der Waals surface area contributed by atoms with Gasteiger partial charge in [-0.15, -0.1) is 0 Å². The molecule has 0 bridgehead atoms. The molecule has 0 radical (unpaired) electrons. The smallest absolute Gasteiger partial charge is 0.241 e. The summed E-state index contributed by atoms with van der Waals surface area (Å²) >= 11 is 0. The molecule has 0 fully saturated rings. The molecule has 3 rings (SSSR count). The largest absolute Gasteiger partial charge is 0.348 e. The lowest BCUT2D eigenvalue weighted by molar-refractivity contribution is -0.120. The average molecular weight is 425 g/mol. The number of rotatable bonds is 8. The molecule has 6 heteroatoms. The Hall–Kier alpha value is -2.86. The maximum absolute atomic E-state index is 13.0. The van der Waals surface area contributed by atoms with Gasteiger partial charge in [-0.3, -0.25) is 9.10 Å². The van der Waals surface area contributed by atoms with Crippen LogP contribution in [0.4, 0.5) is 5.69 Å². The van der Waals surface area contributed by atoms with Crippen LogP contribution in [0.15, 0.2) is 72.8 Å². The van der Waals surface area contributed by atoms with Gasteiger partial charge < -0.3 is 5.32 Å². The molecule has 0 aromatic heterocycles. The Labute approximate surface area is 178 Å². The van der Waals surface area contributed by atoms with Crippen molar-refractivity contribution >= 4 is 32.4 Å². The number of sulfonamides is 1. The van der Waals surface area contributed by atoms with Crippen LogP contribution >= 0.6 is 0 Å². The van der Waals surface area contributed by atoms with Crippen molar-refractivity contribution in [2.75, 3.05) is 17.1 Å². The monoisotopic (exact) mass is 424 g/mol. The fraction of sp³-hybridized carbons (Fsp3) is 0.292. The van der Waals surface area contributed by atoms with Gasteiger partial charge in [-0.25, -0.2) is 8.42 Å². The van der Waals surface area contributed by atoms with Gasteiger partial charge in [0.25, 0.3) is 0 Å². The normalized spacial score (nSPS) is 12.7. The highest BCUT2D eigenvalue weighted by atomic mass is 32.2. The van der Waals surface area contributed by atoms with Crippen LogP contribution in [0, 0.1) is 5.92 Å². The summed E-state index contributed by atoms with van der Waals surface area (Å²) in [5, 5.41) is 4.75. The van der Waals surface area contributed by atoms with E-state index in [1.165, 1.54) is 4.31 Å². The number of amides is 1. The van der Waals surface area contributed by atoms with Crippen LogP contribution in [-0.4, -0.2) is 27.1 Å². The van der Waals surface area contributed by atoms with Crippen molar-refractivity contribution in [2.45, 2.75) is 26.3 Å². The van der Waals surface area contributed by atoms with Gasteiger partial charge in [0.2, 0.25) is 15.9 Å². The lowest BCUT2D eigenvalue weighted by atomic mass is 9.97. The van der Waals surface area contributed by atoms with Crippen molar-refractivity contribution in [3.8, 4) is 0 Å². The second-order valence-electron chi connectivity index (χ2n) is 7.93. The summed E-state index contributed by atoms with van der Waals surface area (Å²) in [4.78, 5) is 13.0. The molecular weight excluding hydrogens is 396 g/mol. The number of anilines is 1. The van der Waals surface area contributed by atoms with E-state index in [4.69, 9.17) is 0 Å². The molecule has 3 aromatic rings. The second-order valence-corrected chi connectivity index (χ2v) is 9.84. The minimum Gasteiger partial charge on any atom is -0.348 e. The van der Waals surface area contributed by atoms with Crippen molar-refractivity contribution in [3.63, 3.8) is 0 Å². The van der Waals surface area contributed by atoms with Gasteiger partial charge in [-0.2, -0.15) is 0 Å². The average Bonchev–Trinajstić information content (AvgIpc) is 2.71. The van der Waals surface area contributed by atoms with Crippen LogP contribution in [-0.2, 0) is 14.8 Å². The fourth-order valence-corrected chi connectivity index (χ4v) is 4.48. The zero-order valence-electron chi connectivity index (χ0n) is 17.6. The molecule has 3 aromatic carbocycles. The molecule has 0 heterocycles. The highest BCUT2D eigenvalue weighted by Gasteiger charge is 2.24. The van der Waals surface area contributed by atoms with Crippen LogP contribution in [0.25, 0.3) is 10.8 Å². The lowest BCUT2D eigenvalue weighted by Crippen LogP contribution is -2.42. The molecule has 0 saturated heterocycles. The number of nitrogens with one attached hydrogen (secondary N) is 1. The maximum atomic E-state index is 13.0. The van der Waals surface area contributed by atoms with E-state index in [0.717, 1.165) is 29.0 Å². The Kier molecular flexibility index (Phi) is 6.77. The Morgan fingerprint density at radius 2 is 1.57 bits per heavy atom. The van der Waals surface area contributed by atoms with Crippen molar-refractivity contribution in [2.24, 2.45) is 5.92 Å². The molecule has 1 amide bonds. The zero-order valence-corrected chi connectivity index (χ0v) is 18.4. The number of fused-ring (bicyclic) bond motifs is 1. The summed E-state index contributed by atoms with van der Waals surface area (Å²) in [5.74, 6) is 0.0439. The van der Waals surface area contributed by atoms with Gasteiger partial charge in [0.05, 0.1) is 18.0 Å². The topological polar surface area (TPSA) is 66.5 Å². The second kappa shape index (κ2) is 9.30.